The van der Waals surface area contributed by atoms with Gasteiger partial charge in [0.1, 0.15) is 18.2 Å². The molecule has 0 aliphatic carbocycles. The predicted molar refractivity (Wildman–Crippen MR) is 82.3 cm³/mol. The maximum Gasteiger partial charge on any atom is 0.123 e. The van der Waals surface area contributed by atoms with Crippen LogP contribution in [0.15, 0.2) is 18.2 Å². The Hall–Kier alpha value is -1.13. The Balaban J connectivity index is 1.75. The molecule has 21 heavy (non-hydrogen) atoms. The lowest BCUT2D eigenvalue weighted by Gasteiger charge is -2.23. The lowest BCUT2D eigenvalue weighted by molar-refractivity contribution is 0.0160. The van der Waals surface area contributed by atoms with E-state index in [1.54, 1.807) is 6.07 Å². The molecule has 1 fully saturated rings. The summed E-state index contributed by atoms with van der Waals surface area (Å²) in [6.07, 6.45) is 2.45. The first-order valence-corrected chi connectivity index (χ1v) is 7.63. The fourth-order valence-corrected chi connectivity index (χ4v) is 2.43. The zero-order valence-electron chi connectivity index (χ0n) is 13.4. The summed E-state index contributed by atoms with van der Waals surface area (Å²) in [6.45, 7) is 9.71. The topological polar surface area (TPSA) is 30.5 Å². The van der Waals surface area contributed by atoms with Gasteiger partial charge in [0, 0.05) is 12.1 Å². The number of hydrogen-bond donors (Lipinski definition) is 1. The summed E-state index contributed by atoms with van der Waals surface area (Å²) in [4.78, 5) is 0. The van der Waals surface area contributed by atoms with Gasteiger partial charge in [-0.05, 0) is 64.3 Å². The highest BCUT2D eigenvalue weighted by Crippen LogP contribution is 2.23. The van der Waals surface area contributed by atoms with Gasteiger partial charge < -0.3 is 14.8 Å². The quantitative estimate of drug-likeness (QED) is 0.902. The minimum Gasteiger partial charge on any atom is -0.491 e. The van der Waals surface area contributed by atoms with Crippen LogP contribution in [0, 0.1) is 12.7 Å². The Morgan fingerprint density at radius 3 is 2.67 bits per heavy atom. The van der Waals surface area contributed by atoms with E-state index < -0.39 is 0 Å². The van der Waals surface area contributed by atoms with E-state index in [1.165, 1.54) is 12.1 Å². The smallest absolute Gasteiger partial charge is 0.123 e. The van der Waals surface area contributed by atoms with Crippen LogP contribution in [0.2, 0.25) is 0 Å². The van der Waals surface area contributed by atoms with E-state index in [0.29, 0.717) is 6.61 Å². The molecule has 3 nitrogen and oxygen atoms in total. The highest BCUT2D eigenvalue weighted by molar-refractivity contribution is 5.32. The molecule has 1 aliphatic heterocycles. The SMILES string of the molecule is Cc1cc(F)ccc1OCC1CCC(CNC(C)(C)C)O1. The Bertz CT molecular complexity index is 470. The third kappa shape index (κ3) is 5.29. The largest absolute Gasteiger partial charge is 0.491 e. The van der Waals surface area contributed by atoms with Crippen LogP contribution < -0.4 is 10.1 Å². The molecule has 1 aliphatic rings. The van der Waals surface area contributed by atoms with Crippen LogP contribution in [0.3, 0.4) is 0 Å². The molecule has 1 N–H and O–H groups in total. The number of aryl methyl sites for hydroxylation is 1. The van der Waals surface area contributed by atoms with Crippen molar-refractivity contribution in [2.75, 3.05) is 13.2 Å². The summed E-state index contributed by atoms with van der Waals surface area (Å²) >= 11 is 0. The maximum absolute atomic E-state index is 13.0. The lowest BCUT2D eigenvalue weighted by Crippen LogP contribution is -2.41. The molecule has 0 spiro atoms. The molecular formula is C17H26FNO2. The normalized spacial score (nSPS) is 22.5. The first-order valence-electron chi connectivity index (χ1n) is 7.63. The maximum atomic E-state index is 13.0. The summed E-state index contributed by atoms with van der Waals surface area (Å²) in [6, 6.07) is 4.59. The van der Waals surface area contributed by atoms with Gasteiger partial charge in [-0.2, -0.15) is 0 Å². The predicted octanol–water partition coefficient (Wildman–Crippen LogP) is 3.45. The van der Waals surface area contributed by atoms with Crippen molar-refractivity contribution in [2.45, 2.75) is 58.3 Å². The van der Waals surface area contributed by atoms with Gasteiger partial charge in [0.05, 0.1) is 12.2 Å². The van der Waals surface area contributed by atoms with Crippen molar-refractivity contribution in [3.05, 3.63) is 29.6 Å². The number of benzene rings is 1. The average Bonchev–Trinajstić information content (AvgIpc) is 2.82. The lowest BCUT2D eigenvalue weighted by atomic mass is 10.1. The van der Waals surface area contributed by atoms with Crippen molar-refractivity contribution in [2.24, 2.45) is 0 Å². The molecule has 0 amide bonds. The van der Waals surface area contributed by atoms with Crippen molar-refractivity contribution < 1.29 is 13.9 Å². The molecule has 0 saturated carbocycles. The van der Waals surface area contributed by atoms with Gasteiger partial charge in [0.25, 0.3) is 0 Å². The van der Waals surface area contributed by atoms with Gasteiger partial charge in [-0.3, -0.25) is 0 Å². The van der Waals surface area contributed by atoms with E-state index >= 15 is 0 Å². The first kappa shape index (κ1) is 16.2. The molecule has 0 bridgehead atoms. The number of nitrogens with one attached hydrogen (secondary N) is 1. The zero-order valence-corrected chi connectivity index (χ0v) is 13.4. The van der Waals surface area contributed by atoms with Gasteiger partial charge in [0.15, 0.2) is 0 Å². The highest BCUT2D eigenvalue weighted by Gasteiger charge is 2.26. The number of ether oxygens (including phenoxy) is 2. The minimum atomic E-state index is -0.231. The molecule has 4 heteroatoms. The standard InChI is InChI=1S/C17H26FNO2/c1-12-9-13(18)5-8-16(12)20-11-15-7-6-14(21-15)10-19-17(2,3)4/h5,8-9,14-15,19H,6-7,10-11H2,1-4H3. The second-order valence-corrected chi connectivity index (χ2v) is 6.81. The Morgan fingerprint density at radius 1 is 1.29 bits per heavy atom. The van der Waals surface area contributed by atoms with Crippen LogP contribution >= 0.6 is 0 Å². The van der Waals surface area contributed by atoms with Crippen LogP contribution in [-0.2, 0) is 4.74 Å². The van der Waals surface area contributed by atoms with Gasteiger partial charge >= 0.3 is 0 Å². The Morgan fingerprint density at radius 2 is 2.00 bits per heavy atom. The third-order valence-electron chi connectivity index (χ3n) is 3.62. The second-order valence-electron chi connectivity index (χ2n) is 6.81. The van der Waals surface area contributed by atoms with Crippen LogP contribution in [-0.4, -0.2) is 30.9 Å². The fourth-order valence-electron chi connectivity index (χ4n) is 2.43. The summed E-state index contributed by atoms with van der Waals surface area (Å²) in [7, 11) is 0. The summed E-state index contributed by atoms with van der Waals surface area (Å²) < 4.78 is 24.8. The van der Waals surface area contributed by atoms with Crippen molar-refractivity contribution >= 4 is 0 Å². The molecule has 2 rings (SSSR count). The van der Waals surface area contributed by atoms with Crippen molar-refractivity contribution in [3.8, 4) is 5.75 Å². The van der Waals surface area contributed by atoms with E-state index in [-0.39, 0.29) is 23.6 Å². The number of rotatable bonds is 5. The molecule has 2 unspecified atom stereocenters. The van der Waals surface area contributed by atoms with E-state index in [1.807, 2.05) is 6.92 Å². The van der Waals surface area contributed by atoms with Crippen LogP contribution in [0.25, 0.3) is 0 Å². The molecule has 2 atom stereocenters. The van der Waals surface area contributed by atoms with E-state index in [2.05, 4.69) is 26.1 Å². The monoisotopic (exact) mass is 295 g/mol. The number of hydrogen-bond acceptors (Lipinski definition) is 3. The van der Waals surface area contributed by atoms with Crippen molar-refractivity contribution in [1.82, 2.24) is 5.32 Å². The molecule has 0 aromatic heterocycles. The van der Waals surface area contributed by atoms with Gasteiger partial charge in [-0.1, -0.05) is 0 Å². The van der Waals surface area contributed by atoms with Gasteiger partial charge in [0.2, 0.25) is 0 Å². The molecule has 0 radical (unpaired) electrons. The number of halogens is 1. The van der Waals surface area contributed by atoms with Gasteiger partial charge in [-0.15, -0.1) is 0 Å². The highest BCUT2D eigenvalue weighted by atomic mass is 19.1. The van der Waals surface area contributed by atoms with Crippen molar-refractivity contribution in [1.29, 1.82) is 0 Å². The van der Waals surface area contributed by atoms with E-state index in [4.69, 9.17) is 9.47 Å². The third-order valence-corrected chi connectivity index (χ3v) is 3.62. The van der Waals surface area contributed by atoms with E-state index in [9.17, 15) is 4.39 Å². The summed E-state index contributed by atoms with van der Waals surface area (Å²) in [5, 5.41) is 3.47. The zero-order chi connectivity index (χ0) is 15.5. The molecule has 1 heterocycles. The molecular weight excluding hydrogens is 269 g/mol. The Labute approximate surface area is 126 Å². The summed E-state index contributed by atoms with van der Waals surface area (Å²) in [5.41, 5.74) is 0.933. The van der Waals surface area contributed by atoms with Gasteiger partial charge in [-0.25, -0.2) is 4.39 Å². The second kappa shape index (κ2) is 6.75. The first-order chi connectivity index (χ1) is 9.83. The van der Waals surface area contributed by atoms with Crippen LogP contribution in [0.4, 0.5) is 4.39 Å². The minimum absolute atomic E-state index is 0.114. The molecule has 1 saturated heterocycles. The Kier molecular flexibility index (Phi) is 5.22. The van der Waals surface area contributed by atoms with Crippen LogP contribution in [0.5, 0.6) is 5.75 Å². The summed E-state index contributed by atoms with van der Waals surface area (Å²) in [5.74, 6) is 0.501. The van der Waals surface area contributed by atoms with E-state index in [0.717, 1.165) is 30.7 Å². The molecule has 1 aromatic rings. The van der Waals surface area contributed by atoms with Crippen LogP contribution in [0.1, 0.15) is 39.2 Å². The average molecular weight is 295 g/mol. The van der Waals surface area contributed by atoms with Crippen molar-refractivity contribution in [3.63, 3.8) is 0 Å². The molecule has 118 valence electrons. The fraction of sp³-hybridized carbons (Fsp3) is 0.647. The molecule has 1 aromatic carbocycles.